The predicted molar refractivity (Wildman–Crippen MR) is 67.2 cm³/mol. The van der Waals surface area contributed by atoms with Gasteiger partial charge in [-0.3, -0.25) is 0 Å². The summed E-state index contributed by atoms with van der Waals surface area (Å²) in [7, 11) is 0. The van der Waals surface area contributed by atoms with E-state index in [0.29, 0.717) is 5.41 Å². The first-order valence-corrected chi connectivity index (χ1v) is 5.83. The van der Waals surface area contributed by atoms with Crippen LogP contribution in [0.2, 0.25) is 0 Å². The molecule has 79 valence electrons. The van der Waals surface area contributed by atoms with Crippen LogP contribution in [0, 0.1) is 6.42 Å². The van der Waals surface area contributed by atoms with Crippen molar-refractivity contribution in [1.29, 1.82) is 0 Å². The lowest BCUT2D eigenvalue weighted by molar-refractivity contribution is 0.715. The third-order valence-electron chi connectivity index (χ3n) is 3.41. The summed E-state index contributed by atoms with van der Waals surface area (Å²) in [5, 5.41) is 0. The molecule has 1 atom stereocenters. The van der Waals surface area contributed by atoms with E-state index >= 15 is 0 Å². The molecule has 1 fully saturated rings. The minimum Gasteiger partial charge on any atom is -0.0622 e. The molecule has 2 aromatic carbocycles. The van der Waals surface area contributed by atoms with Crippen LogP contribution in [0.5, 0.6) is 0 Å². The van der Waals surface area contributed by atoms with Crippen molar-refractivity contribution in [2.45, 2.75) is 18.3 Å². The molecule has 0 heteroatoms. The second-order valence-electron chi connectivity index (χ2n) is 4.59. The Morgan fingerprint density at radius 3 is 1.94 bits per heavy atom. The largest absolute Gasteiger partial charge is 0.0622 e. The lowest BCUT2D eigenvalue weighted by Crippen LogP contribution is -2.10. The standard InChI is InChI=1S/C16H15/c1-3-7-14(8-4-1)13-16(11-12-16)15-9-5-2-6-10-15/h1-11H,12-13H2. The summed E-state index contributed by atoms with van der Waals surface area (Å²) < 4.78 is 0. The molecular weight excluding hydrogens is 192 g/mol. The Morgan fingerprint density at radius 2 is 1.38 bits per heavy atom. The monoisotopic (exact) mass is 207 g/mol. The summed E-state index contributed by atoms with van der Waals surface area (Å²) in [6.45, 7) is 0. The zero-order chi connectivity index (χ0) is 10.8. The van der Waals surface area contributed by atoms with Gasteiger partial charge in [0.1, 0.15) is 0 Å². The maximum Gasteiger partial charge on any atom is 0.00279 e. The average Bonchev–Trinajstić information content (AvgIpc) is 3.13. The smallest absolute Gasteiger partial charge is 0.00279 e. The Balaban J connectivity index is 1.86. The van der Waals surface area contributed by atoms with Crippen molar-refractivity contribution in [3.05, 3.63) is 78.2 Å². The first kappa shape index (κ1) is 9.65. The summed E-state index contributed by atoms with van der Waals surface area (Å²) in [5.74, 6) is 0. The average molecular weight is 207 g/mol. The number of hydrogen-bond donors (Lipinski definition) is 0. The maximum atomic E-state index is 2.43. The Bertz CT molecular complexity index is 452. The zero-order valence-corrected chi connectivity index (χ0v) is 9.27. The highest BCUT2D eigenvalue weighted by Gasteiger charge is 2.44. The molecule has 1 radical (unpaired) electrons. The fraction of sp³-hybridized carbons (Fsp3) is 0.188. The molecule has 1 aliphatic rings. The fourth-order valence-electron chi connectivity index (χ4n) is 2.34. The first-order valence-electron chi connectivity index (χ1n) is 5.83. The number of benzene rings is 2. The molecule has 16 heavy (non-hydrogen) atoms. The van der Waals surface area contributed by atoms with Crippen molar-refractivity contribution in [1.82, 2.24) is 0 Å². The Labute approximate surface area is 96.9 Å². The molecule has 3 rings (SSSR count). The molecule has 0 N–H and O–H groups in total. The highest BCUT2D eigenvalue weighted by atomic mass is 14.5. The van der Waals surface area contributed by atoms with Crippen molar-refractivity contribution in [2.75, 3.05) is 0 Å². The van der Waals surface area contributed by atoms with Gasteiger partial charge in [0.25, 0.3) is 0 Å². The van der Waals surface area contributed by atoms with Crippen molar-refractivity contribution < 1.29 is 0 Å². The van der Waals surface area contributed by atoms with E-state index in [4.69, 9.17) is 0 Å². The lowest BCUT2D eigenvalue weighted by Gasteiger charge is -2.15. The summed E-state index contributed by atoms with van der Waals surface area (Å²) in [5.41, 5.74) is 3.21. The van der Waals surface area contributed by atoms with Crippen LogP contribution in [0.15, 0.2) is 60.7 Å². The number of hydrogen-bond acceptors (Lipinski definition) is 0. The van der Waals surface area contributed by atoms with Gasteiger partial charge in [-0.05, 0) is 30.4 Å². The molecule has 2 aromatic rings. The summed E-state index contributed by atoms with van der Waals surface area (Å²) in [6.07, 6.45) is 4.78. The van der Waals surface area contributed by atoms with E-state index in [0.717, 1.165) is 6.42 Å². The molecule has 0 bridgehead atoms. The van der Waals surface area contributed by atoms with Gasteiger partial charge < -0.3 is 0 Å². The van der Waals surface area contributed by atoms with Crippen LogP contribution in [0.1, 0.15) is 17.5 Å². The molecule has 0 aliphatic heterocycles. The maximum absolute atomic E-state index is 2.43. The van der Waals surface area contributed by atoms with E-state index in [1.165, 1.54) is 17.5 Å². The molecule has 0 saturated heterocycles. The predicted octanol–water partition coefficient (Wildman–Crippen LogP) is 3.78. The molecule has 0 heterocycles. The Kier molecular flexibility index (Phi) is 2.28. The van der Waals surface area contributed by atoms with Crippen LogP contribution in [0.25, 0.3) is 0 Å². The van der Waals surface area contributed by atoms with E-state index < -0.39 is 0 Å². The molecule has 1 aliphatic carbocycles. The molecule has 1 saturated carbocycles. The van der Waals surface area contributed by atoms with Crippen LogP contribution in [0.3, 0.4) is 0 Å². The van der Waals surface area contributed by atoms with Gasteiger partial charge in [0.15, 0.2) is 0 Å². The molecule has 0 spiro atoms. The van der Waals surface area contributed by atoms with Crippen molar-refractivity contribution in [3.8, 4) is 0 Å². The van der Waals surface area contributed by atoms with E-state index in [9.17, 15) is 0 Å². The van der Waals surface area contributed by atoms with Crippen LogP contribution in [-0.2, 0) is 11.8 Å². The van der Waals surface area contributed by atoms with Gasteiger partial charge in [0.05, 0.1) is 0 Å². The SMILES string of the molecule is [CH]1CC1(Cc1ccccc1)c1ccccc1. The fourth-order valence-corrected chi connectivity index (χ4v) is 2.34. The van der Waals surface area contributed by atoms with Crippen LogP contribution in [0.4, 0.5) is 0 Å². The van der Waals surface area contributed by atoms with Gasteiger partial charge in [-0.2, -0.15) is 0 Å². The number of rotatable bonds is 3. The van der Waals surface area contributed by atoms with Crippen LogP contribution < -0.4 is 0 Å². The van der Waals surface area contributed by atoms with E-state index in [1.807, 2.05) is 0 Å². The molecule has 0 amide bonds. The topological polar surface area (TPSA) is 0 Å². The summed E-state index contributed by atoms with van der Waals surface area (Å²) in [6, 6.07) is 21.6. The van der Waals surface area contributed by atoms with E-state index in [2.05, 4.69) is 67.1 Å². The first-order chi connectivity index (χ1) is 7.89. The zero-order valence-electron chi connectivity index (χ0n) is 9.27. The highest BCUT2D eigenvalue weighted by molar-refractivity contribution is 5.41. The third kappa shape index (κ3) is 1.76. The second-order valence-corrected chi connectivity index (χ2v) is 4.59. The lowest BCUT2D eigenvalue weighted by atomic mass is 9.89. The quantitative estimate of drug-likeness (QED) is 0.718. The normalized spacial score (nSPS) is 17.0. The minimum absolute atomic E-state index is 0.322. The third-order valence-corrected chi connectivity index (χ3v) is 3.41. The highest BCUT2D eigenvalue weighted by Crippen LogP contribution is 2.49. The van der Waals surface area contributed by atoms with Crippen molar-refractivity contribution in [3.63, 3.8) is 0 Å². The summed E-state index contributed by atoms with van der Waals surface area (Å²) >= 11 is 0. The summed E-state index contributed by atoms with van der Waals surface area (Å²) in [4.78, 5) is 0. The van der Waals surface area contributed by atoms with Crippen LogP contribution in [-0.4, -0.2) is 0 Å². The minimum atomic E-state index is 0.322. The van der Waals surface area contributed by atoms with Gasteiger partial charge in [-0.1, -0.05) is 60.7 Å². The molecule has 0 aromatic heterocycles. The van der Waals surface area contributed by atoms with Gasteiger partial charge >= 0.3 is 0 Å². The second kappa shape index (κ2) is 3.79. The van der Waals surface area contributed by atoms with E-state index in [1.54, 1.807) is 0 Å². The molecule has 0 nitrogen and oxygen atoms in total. The van der Waals surface area contributed by atoms with Crippen molar-refractivity contribution in [2.24, 2.45) is 0 Å². The van der Waals surface area contributed by atoms with Gasteiger partial charge in [0.2, 0.25) is 0 Å². The molecule has 1 unspecified atom stereocenters. The van der Waals surface area contributed by atoms with E-state index in [-0.39, 0.29) is 0 Å². The van der Waals surface area contributed by atoms with Gasteiger partial charge in [-0.15, -0.1) is 0 Å². The van der Waals surface area contributed by atoms with Crippen LogP contribution >= 0.6 is 0 Å². The Morgan fingerprint density at radius 1 is 0.812 bits per heavy atom. The molecular formula is C16H15. The van der Waals surface area contributed by atoms with Gasteiger partial charge in [0, 0.05) is 5.41 Å². The Hall–Kier alpha value is -1.56. The van der Waals surface area contributed by atoms with Crippen molar-refractivity contribution >= 4 is 0 Å². The van der Waals surface area contributed by atoms with Gasteiger partial charge in [-0.25, -0.2) is 0 Å².